The minimum atomic E-state index is -3.78. The van der Waals surface area contributed by atoms with Gasteiger partial charge in [-0.05, 0) is 44.0 Å². The van der Waals surface area contributed by atoms with Crippen molar-refractivity contribution in [3.8, 4) is 0 Å². The second-order valence-electron chi connectivity index (χ2n) is 8.08. The minimum absolute atomic E-state index is 0.177. The summed E-state index contributed by atoms with van der Waals surface area (Å²) in [5.41, 5.74) is 2.16. The number of carbonyl (C=O) groups excluding carboxylic acids is 2. The maximum absolute atomic E-state index is 13.4. The van der Waals surface area contributed by atoms with E-state index in [1.165, 1.54) is 11.0 Å². The van der Waals surface area contributed by atoms with Gasteiger partial charge in [0.25, 0.3) is 0 Å². The van der Waals surface area contributed by atoms with Gasteiger partial charge in [0.2, 0.25) is 21.8 Å². The molecule has 0 radical (unpaired) electrons. The maximum atomic E-state index is 13.4. The Hall–Kier alpha value is -2.58. The van der Waals surface area contributed by atoms with Crippen molar-refractivity contribution in [2.45, 2.75) is 46.2 Å². The van der Waals surface area contributed by atoms with E-state index >= 15 is 0 Å². The average molecular weight is 494 g/mol. The van der Waals surface area contributed by atoms with Crippen molar-refractivity contribution < 1.29 is 18.0 Å². The molecule has 0 aliphatic carbocycles. The van der Waals surface area contributed by atoms with Crippen molar-refractivity contribution in [1.29, 1.82) is 0 Å². The fourth-order valence-electron chi connectivity index (χ4n) is 3.37. The van der Waals surface area contributed by atoms with E-state index < -0.39 is 28.5 Å². The first kappa shape index (κ1) is 26.7. The second-order valence-corrected chi connectivity index (χ2v) is 10.4. The molecule has 2 rings (SSSR count). The summed E-state index contributed by atoms with van der Waals surface area (Å²) in [6.45, 7) is 5.87. The zero-order chi connectivity index (χ0) is 24.6. The molecule has 1 atom stereocenters. The number of anilines is 1. The van der Waals surface area contributed by atoms with Crippen molar-refractivity contribution in [1.82, 2.24) is 10.2 Å². The molecule has 33 heavy (non-hydrogen) atoms. The molecule has 2 amide bonds. The lowest BCUT2D eigenvalue weighted by atomic mass is 10.1. The highest BCUT2D eigenvalue weighted by molar-refractivity contribution is 7.92. The molecule has 0 unspecified atom stereocenters. The monoisotopic (exact) mass is 493 g/mol. The Balaban J connectivity index is 2.34. The summed E-state index contributed by atoms with van der Waals surface area (Å²) < 4.78 is 26.0. The quantitative estimate of drug-likeness (QED) is 0.483. The summed E-state index contributed by atoms with van der Waals surface area (Å²) >= 11 is 6.04. The SMILES string of the molecule is CCCCNC(=O)[C@H](C)N(Cc1cccc(C)c1)C(=O)CN(c1cccc(Cl)c1)S(C)(=O)=O. The molecule has 180 valence electrons. The van der Waals surface area contributed by atoms with E-state index in [1.807, 2.05) is 38.1 Å². The minimum Gasteiger partial charge on any atom is -0.354 e. The Morgan fingerprint density at radius 3 is 2.42 bits per heavy atom. The molecule has 7 nitrogen and oxygen atoms in total. The smallest absolute Gasteiger partial charge is 0.244 e. The third kappa shape index (κ3) is 8.05. The van der Waals surface area contributed by atoms with Crippen molar-refractivity contribution in [2.75, 3.05) is 23.7 Å². The van der Waals surface area contributed by atoms with Crippen LogP contribution in [0.25, 0.3) is 0 Å². The zero-order valence-electron chi connectivity index (χ0n) is 19.5. The Kier molecular flexibility index (Phi) is 9.73. The molecular formula is C24H32ClN3O4S. The second kappa shape index (κ2) is 12.0. The maximum Gasteiger partial charge on any atom is 0.244 e. The van der Waals surface area contributed by atoms with Gasteiger partial charge in [-0.25, -0.2) is 8.42 Å². The summed E-state index contributed by atoms with van der Waals surface area (Å²) in [6.07, 6.45) is 2.80. The van der Waals surface area contributed by atoms with Gasteiger partial charge in [-0.15, -0.1) is 0 Å². The van der Waals surface area contributed by atoms with Crippen LogP contribution in [0.15, 0.2) is 48.5 Å². The van der Waals surface area contributed by atoms with Gasteiger partial charge in [0, 0.05) is 18.1 Å². The molecule has 0 aliphatic rings. The van der Waals surface area contributed by atoms with Crippen molar-refractivity contribution in [3.05, 3.63) is 64.7 Å². The molecule has 0 heterocycles. The van der Waals surface area contributed by atoms with E-state index in [9.17, 15) is 18.0 Å². The fourth-order valence-corrected chi connectivity index (χ4v) is 4.40. The van der Waals surface area contributed by atoms with Gasteiger partial charge in [-0.1, -0.05) is 60.8 Å². The first-order chi connectivity index (χ1) is 15.5. The number of nitrogens with one attached hydrogen (secondary N) is 1. The molecule has 1 N–H and O–H groups in total. The fraction of sp³-hybridized carbons (Fsp3) is 0.417. The van der Waals surface area contributed by atoms with Crippen LogP contribution in [0.5, 0.6) is 0 Å². The van der Waals surface area contributed by atoms with E-state index in [2.05, 4.69) is 5.32 Å². The first-order valence-electron chi connectivity index (χ1n) is 10.9. The number of aryl methyl sites for hydroxylation is 1. The summed E-state index contributed by atoms with van der Waals surface area (Å²) in [6, 6.07) is 13.2. The lowest BCUT2D eigenvalue weighted by Gasteiger charge is -2.31. The molecule has 0 fully saturated rings. The average Bonchev–Trinajstić information content (AvgIpc) is 2.74. The molecule has 0 aliphatic heterocycles. The van der Waals surface area contributed by atoms with Crippen LogP contribution < -0.4 is 9.62 Å². The number of rotatable bonds is 11. The Labute approximate surface area is 201 Å². The number of amides is 2. The summed E-state index contributed by atoms with van der Waals surface area (Å²) in [5.74, 6) is -0.766. The van der Waals surface area contributed by atoms with Crippen molar-refractivity contribution >= 4 is 39.1 Å². The molecule has 0 saturated carbocycles. The molecule has 2 aromatic rings. The lowest BCUT2D eigenvalue weighted by molar-refractivity contribution is -0.139. The van der Waals surface area contributed by atoms with Gasteiger partial charge in [0.1, 0.15) is 12.6 Å². The highest BCUT2D eigenvalue weighted by Gasteiger charge is 2.30. The van der Waals surface area contributed by atoms with Crippen LogP contribution in [0, 0.1) is 6.92 Å². The standard InChI is InChI=1S/C24H32ClN3O4S/c1-5-6-13-26-24(30)19(3)27(16-20-10-7-9-18(2)14-20)23(29)17-28(33(4,31)32)22-12-8-11-21(25)15-22/h7-12,14-15,19H,5-6,13,16-17H2,1-4H3,(H,26,30)/t19-/m0/s1. The number of sulfonamides is 1. The number of nitrogens with zero attached hydrogens (tertiary/aromatic N) is 2. The van der Waals surface area contributed by atoms with Crippen LogP contribution in [0.1, 0.15) is 37.8 Å². The number of carbonyl (C=O) groups is 2. The summed E-state index contributed by atoms with van der Waals surface area (Å²) in [4.78, 5) is 27.6. The largest absolute Gasteiger partial charge is 0.354 e. The molecule has 0 bridgehead atoms. The van der Waals surface area contributed by atoms with Gasteiger partial charge in [-0.2, -0.15) is 0 Å². The van der Waals surface area contributed by atoms with Gasteiger partial charge < -0.3 is 10.2 Å². The van der Waals surface area contributed by atoms with E-state index in [-0.39, 0.29) is 18.1 Å². The molecule has 9 heteroatoms. The van der Waals surface area contributed by atoms with E-state index in [1.54, 1.807) is 25.1 Å². The van der Waals surface area contributed by atoms with Crippen molar-refractivity contribution in [3.63, 3.8) is 0 Å². The van der Waals surface area contributed by atoms with Crippen molar-refractivity contribution in [2.24, 2.45) is 0 Å². The number of hydrogen-bond donors (Lipinski definition) is 1. The summed E-state index contributed by atoms with van der Waals surface area (Å²) in [7, 11) is -3.78. The molecule has 0 aromatic heterocycles. The molecule has 0 saturated heterocycles. The van der Waals surface area contributed by atoms with Crippen LogP contribution in [0.3, 0.4) is 0 Å². The number of benzene rings is 2. The molecular weight excluding hydrogens is 462 g/mol. The highest BCUT2D eigenvalue weighted by atomic mass is 35.5. The van der Waals surface area contributed by atoms with Crippen LogP contribution in [0.4, 0.5) is 5.69 Å². The zero-order valence-corrected chi connectivity index (χ0v) is 21.1. The van der Waals surface area contributed by atoms with Crippen LogP contribution in [-0.2, 0) is 26.2 Å². The van der Waals surface area contributed by atoms with E-state index in [0.29, 0.717) is 11.6 Å². The highest BCUT2D eigenvalue weighted by Crippen LogP contribution is 2.22. The predicted molar refractivity (Wildman–Crippen MR) is 133 cm³/mol. The third-order valence-corrected chi connectivity index (χ3v) is 6.58. The predicted octanol–water partition coefficient (Wildman–Crippen LogP) is 3.75. The first-order valence-corrected chi connectivity index (χ1v) is 13.1. The van der Waals surface area contributed by atoms with Gasteiger partial charge in [0.05, 0.1) is 11.9 Å². The van der Waals surface area contributed by atoms with E-state index in [4.69, 9.17) is 11.6 Å². The Morgan fingerprint density at radius 2 is 1.82 bits per heavy atom. The summed E-state index contributed by atoms with van der Waals surface area (Å²) in [5, 5.41) is 3.21. The Morgan fingerprint density at radius 1 is 1.12 bits per heavy atom. The third-order valence-electron chi connectivity index (χ3n) is 5.21. The van der Waals surface area contributed by atoms with Gasteiger partial charge >= 0.3 is 0 Å². The lowest BCUT2D eigenvalue weighted by Crippen LogP contribution is -2.51. The number of hydrogen-bond acceptors (Lipinski definition) is 4. The molecule has 0 spiro atoms. The van der Waals surface area contributed by atoms with Crippen LogP contribution in [0.2, 0.25) is 5.02 Å². The topological polar surface area (TPSA) is 86.8 Å². The van der Waals surface area contributed by atoms with Crippen LogP contribution in [-0.4, -0.2) is 50.5 Å². The van der Waals surface area contributed by atoms with Gasteiger partial charge in [-0.3, -0.25) is 13.9 Å². The van der Waals surface area contributed by atoms with E-state index in [0.717, 1.165) is 34.5 Å². The molecule has 2 aromatic carbocycles. The number of unbranched alkanes of at least 4 members (excludes halogenated alkanes) is 1. The van der Waals surface area contributed by atoms with Gasteiger partial charge in [0.15, 0.2) is 0 Å². The normalized spacial score (nSPS) is 12.2. The number of halogens is 1. The Bertz CT molecular complexity index is 1070. The van der Waals surface area contributed by atoms with Crippen LogP contribution >= 0.6 is 11.6 Å².